The second kappa shape index (κ2) is 26.5. The Morgan fingerprint density at radius 1 is 0.733 bits per heavy atom. The number of nitrogens with one attached hydrogen (secondary N) is 4. The van der Waals surface area contributed by atoms with E-state index in [1.165, 1.54) is 55.2 Å². The maximum absolute atomic E-state index is 14.1. The average Bonchev–Trinajstić information content (AvgIpc) is 4.17. The van der Waals surface area contributed by atoms with E-state index < -0.39 is 89.8 Å². The number of rotatable bonds is 10. The number of carbonyl (C=O) groups excluding carboxylic acids is 6. The molecule has 20 nitrogen and oxygen atoms in total. The van der Waals surface area contributed by atoms with Crippen molar-refractivity contribution in [1.29, 1.82) is 0 Å². The largest absolute Gasteiger partial charge is 0.480 e. The van der Waals surface area contributed by atoms with Crippen molar-refractivity contribution in [2.75, 3.05) is 37.7 Å². The van der Waals surface area contributed by atoms with Crippen LogP contribution in [0.4, 0.5) is 0 Å². The number of amides is 6. The predicted octanol–water partition coefficient (Wildman–Crippen LogP) is -1.38. The Labute approximate surface area is 360 Å². The van der Waals surface area contributed by atoms with Gasteiger partial charge in [-0.3, -0.25) is 33.8 Å². The predicted molar refractivity (Wildman–Crippen MR) is 230 cm³/mol. The minimum Gasteiger partial charge on any atom is -0.480 e. The number of carboxylic acid groups (broad SMARTS) is 1. The van der Waals surface area contributed by atoms with Gasteiger partial charge in [-0.15, -0.1) is 0 Å². The number of hydrogen-bond acceptors (Lipinski definition) is 13. The molecule has 0 aromatic rings. The number of carboxylic acids is 1. The third kappa shape index (κ3) is 17.6. The van der Waals surface area contributed by atoms with E-state index in [0.29, 0.717) is 45.1 Å². The molecular formula is C38H67N11O9S2. The number of carbonyl (C=O) groups is 7. The molecule has 60 heavy (non-hydrogen) atoms. The molecule has 8 atom stereocenters. The van der Waals surface area contributed by atoms with Gasteiger partial charge in [0.2, 0.25) is 35.4 Å². The topological polar surface area (TPSA) is 331 Å². The number of aliphatic imine (C=N–C) groups is 1. The minimum atomic E-state index is -1.48. The zero-order valence-corrected chi connectivity index (χ0v) is 36.3. The average molecular weight is 886 g/mol. The van der Waals surface area contributed by atoms with Crippen molar-refractivity contribution >= 4 is 69.0 Å². The molecule has 5 rings (SSSR count). The van der Waals surface area contributed by atoms with Gasteiger partial charge in [-0.05, 0) is 71.3 Å². The number of aliphatic hydroxyl groups is 1. The third-order valence-corrected chi connectivity index (χ3v) is 12.5. The summed E-state index contributed by atoms with van der Waals surface area (Å²) in [5, 5.41) is 30.6. The summed E-state index contributed by atoms with van der Waals surface area (Å²) in [5.41, 5.74) is 22.6. The van der Waals surface area contributed by atoms with Crippen molar-refractivity contribution < 1.29 is 43.8 Å². The normalized spacial score (nSPS) is 28.4. The lowest BCUT2D eigenvalue weighted by Crippen LogP contribution is -2.60. The molecule has 22 heteroatoms. The first-order valence-corrected chi connectivity index (χ1v) is 23.6. The fourth-order valence-electron chi connectivity index (χ4n) is 6.46. The second-order valence-electron chi connectivity index (χ2n) is 15.7. The SMILES string of the molecule is C1CC1.C1CC1.C[C@@H](O)[C@@H]1NC(=O)[C@@H](N)CSSC[C@@H](C(=O)O)NC(=O)[C@H](CCCN=C(N)N)NC(=O)[C@@H]2CCCN2C(=O)[C@@H]2CCCN2C(=O)[C@H](CCCCN)NC1=O. The molecule has 0 aromatic carbocycles. The Balaban J connectivity index is 0.00000146. The molecular weight excluding hydrogens is 819 g/mol. The fraction of sp³-hybridized carbons (Fsp3) is 0.789. The van der Waals surface area contributed by atoms with Crippen LogP contribution in [0, 0.1) is 0 Å². The van der Waals surface area contributed by atoms with Crippen molar-refractivity contribution in [2.24, 2.45) is 27.9 Å². The summed E-state index contributed by atoms with van der Waals surface area (Å²) in [6, 6.07) is -8.28. The molecule has 0 aromatic heterocycles. The van der Waals surface area contributed by atoms with Crippen molar-refractivity contribution in [1.82, 2.24) is 31.1 Å². The zero-order valence-electron chi connectivity index (χ0n) is 34.7. The van der Waals surface area contributed by atoms with Gasteiger partial charge in [-0.2, -0.15) is 0 Å². The first-order valence-electron chi connectivity index (χ1n) is 21.1. The van der Waals surface area contributed by atoms with Crippen molar-refractivity contribution in [2.45, 2.75) is 152 Å². The standard InChI is InChI=1S/C32H55N11O9S2.2C3H6/c1-17(44)24-28(48)39-20(7-2-3-11-33)29(49)43-14-6-10-23(43)30(50)42-13-5-9-22(42)27(47)38-19(8-4-12-37-32(35)36)26(46)40-21(31(51)52)16-54-53-15-18(34)25(45)41-24;2*1-2-3-1/h17-24,44H,2-16,33-34H2,1H3,(H,38,47)(H,39,48)(H,40,46)(H,41,45)(H,51,52)(H4,35,36,37);2*1-3H2/t17-,18+,19+,20+,21+,22+,23+,24+;;/m1../s1. The number of guanidine groups is 1. The Hall–Kier alpha value is -3.86. The number of unbranched alkanes of at least 4 members (excludes halogenated alkanes) is 1. The van der Waals surface area contributed by atoms with E-state index in [1.54, 1.807) is 0 Å². The lowest BCUT2D eigenvalue weighted by Gasteiger charge is -2.34. The summed E-state index contributed by atoms with van der Waals surface area (Å²) in [4.78, 5) is 101. The highest BCUT2D eigenvalue weighted by atomic mass is 33.1. The second-order valence-corrected chi connectivity index (χ2v) is 18.2. The number of nitrogens with two attached hydrogens (primary N) is 4. The van der Waals surface area contributed by atoms with Gasteiger partial charge in [0, 0.05) is 31.1 Å². The summed E-state index contributed by atoms with van der Waals surface area (Å²) in [7, 11) is 2.08. The molecule has 0 spiro atoms. The van der Waals surface area contributed by atoms with Gasteiger partial charge < -0.3 is 64.2 Å². The van der Waals surface area contributed by atoms with Crippen LogP contribution in [-0.4, -0.2) is 153 Å². The van der Waals surface area contributed by atoms with Crippen LogP contribution in [-0.2, 0) is 33.6 Å². The van der Waals surface area contributed by atoms with Gasteiger partial charge in [-0.1, -0.05) is 60.1 Å². The lowest BCUT2D eigenvalue weighted by molar-refractivity contribution is -0.148. The van der Waals surface area contributed by atoms with Gasteiger partial charge in [0.15, 0.2) is 5.96 Å². The fourth-order valence-corrected chi connectivity index (χ4v) is 8.74. The third-order valence-electron chi connectivity index (χ3n) is 10.1. The number of fused-ring (bicyclic) bond motifs is 2. The van der Waals surface area contributed by atoms with Crippen LogP contribution >= 0.6 is 21.6 Å². The van der Waals surface area contributed by atoms with Crippen LogP contribution in [0.15, 0.2) is 4.99 Å². The molecule has 5 aliphatic rings. The highest BCUT2D eigenvalue weighted by Crippen LogP contribution is 2.27. The first-order chi connectivity index (χ1) is 28.7. The van der Waals surface area contributed by atoms with Crippen LogP contribution < -0.4 is 44.2 Å². The molecule has 0 bridgehead atoms. The van der Waals surface area contributed by atoms with E-state index >= 15 is 0 Å². The van der Waals surface area contributed by atoms with Crippen molar-refractivity contribution in [3.8, 4) is 0 Å². The summed E-state index contributed by atoms with van der Waals surface area (Å²) < 4.78 is 0. The van der Waals surface area contributed by atoms with E-state index in [2.05, 4.69) is 26.3 Å². The van der Waals surface area contributed by atoms with Gasteiger partial charge in [0.1, 0.15) is 36.3 Å². The Morgan fingerprint density at radius 3 is 1.87 bits per heavy atom. The summed E-state index contributed by atoms with van der Waals surface area (Å²) in [5.74, 6) is -5.66. The molecule has 0 unspecified atom stereocenters. The van der Waals surface area contributed by atoms with Gasteiger partial charge in [0.25, 0.3) is 0 Å². The van der Waals surface area contributed by atoms with Gasteiger partial charge in [-0.25, -0.2) is 4.79 Å². The van der Waals surface area contributed by atoms with Crippen molar-refractivity contribution in [3.05, 3.63) is 0 Å². The van der Waals surface area contributed by atoms with Gasteiger partial charge >= 0.3 is 5.97 Å². The number of nitrogens with zero attached hydrogens (tertiary/aromatic N) is 3. The number of hydrogen-bond donors (Lipinski definition) is 10. The Kier molecular flexibility index (Phi) is 22.3. The molecule has 2 aliphatic carbocycles. The van der Waals surface area contributed by atoms with Crippen LogP contribution in [0.2, 0.25) is 0 Å². The molecule has 5 fully saturated rings. The van der Waals surface area contributed by atoms with E-state index in [-0.39, 0.29) is 56.4 Å². The van der Waals surface area contributed by atoms with Crippen LogP contribution in [0.5, 0.6) is 0 Å². The minimum absolute atomic E-state index is 0.0309. The molecule has 3 saturated heterocycles. The van der Waals surface area contributed by atoms with Crippen LogP contribution in [0.1, 0.15) is 103 Å². The van der Waals surface area contributed by atoms with Crippen LogP contribution in [0.25, 0.3) is 0 Å². The highest BCUT2D eigenvalue weighted by Gasteiger charge is 2.44. The Bertz CT molecular complexity index is 1470. The van der Waals surface area contributed by atoms with Crippen molar-refractivity contribution in [3.63, 3.8) is 0 Å². The quantitative estimate of drug-likeness (QED) is 0.0523. The molecule has 14 N–H and O–H groups in total. The monoisotopic (exact) mass is 885 g/mol. The summed E-state index contributed by atoms with van der Waals surface area (Å²) in [6.45, 7) is 2.21. The first kappa shape index (κ1) is 50.5. The summed E-state index contributed by atoms with van der Waals surface area (Å²) in [6.07, 6.45) is 10.7. The molecule has 0 radical (unpaired) electrons. The Morgan fingerprint density at radius 2 is 1.30 bits per heavy atom. The van der Waals surface area contributed by atoms with E-state index in [9.17, 15) is 43.8 Å². The number of aliphatic carboxylic acids is 1. The molecule has 3 heterocycles. The van der Waals surface area contributed by atoms with Gasteiger partial charge in [0.05, 0.1) is 12.1 Å². The molecule has 340 valence electrons. The zero-order chi connectivity index (χ0) is 44.2. The van der Waals surface area contributed by atoms with E-state index in [0.717, 1.165) is 21.6 Å². The molecule has 6 amide bonds. The highest BCUT2D eigenvalue weighted by molar-refractivity contribution is 8.76. The maximum atomic E-state index is 14.1. The smallest absolute Gasteiger partial charge is 0.327 e. The van der Waals surface area contributed by atoms with E-state index in [4.69, 9.17) is 22.9 Å². The maximum Gasteiger partial charge on any atom is 0.327 e. The molecule has 2 saturated carbocycles. The summed E-state index contributed by atoms with van der Waals surface area (Å²) >= 11 is 0. The lowest BCUT2D eigenvalue weighted by atomic mass is 10.0. The number of aliphatic hydroxyl groups excluding tert-OH is 1. The molecule has 3 aliphatic heterocycles. The van der Waals surface area contributed by atoms with Crippen LogP contribution in [0.3, 0.4) is 0 Å². The van der Waals surface area contributed by atoms with E-state index in [1.807, 2.05) is 0 Å².